The maximum Gasteiger partial charge on any atom is 0.251 e. The number of hydrogen-bond donors (Lipinski definition) is 3. The highest BCUT2D eigenvalue weighted by Gasteiger charge is 2.26. The van der Waals surface area contributed by atoms with E-state index in [0.29, 0.717) is 18.0 Å². The van der Waals surface area contributed by atoms with Crippen LogP contribution in [0.3, 0.4) is 0 Å². The number of nitrogens with one attached hydrogen (secondary N) is 1. The number of nitrogens with two attached hydrogens (primary N) is 1. The fourth-order valence-electron chi connectivity index (χ4n) is 2.05. The minimum Gasteiger partial charge on any atom is -0.508 e. The van der Waals surface area contributed by atoms with Gasteiger partial charge in [0.05, 0.1) is 0 Å². The average molecular weight is 250 g/mol. The van der Waals surface area contributed by atoms with Gasteiger partial charge in [-0.1, -0.05) is 13.8 Å². The van der Waals surface area contributed by atoms with Gasteiger partial charge in [0.25, 0.3) is 5.91 Å². The number of aromatic hydroxyl groups is 1. The summed E-state index contributed by atoms with van der Waals surface area (Å²) in [5.41, 5.74) is 5.88. The monoisotopic (exact) mass is 250 g/mol. The normalized spacial score (nSPS) is 14.3. The zero-order chi connectivity index (χ0) is 13.8. The molecule has 0 aromatic heterocycles. The molecule has 1 amide bonds. The van der Waals surface area contributed by atoms with E-state index in [-0.39, 0.29) is 11.7 Å². The molecule has 0 fully saturated rings. The lowest BCUT2D eigenvalue weighted by Gasteiger charge is -2.31. The predicted octanol–water partition coefficient (Wildman–Crippen LogP) is 1.89. The number of amides is 1. The molecule has 0 saturated carbocycles. The first-order valence-corrected chi connectivity index (χ1v) is 6.18. The highest BCUT2D eigenvalue weighted by atomic mass is 16.3. The van der Waals surface area contributed by atoms with Crippen molar-refractivity contribution in [3.8, 4) is 5.75 Å². The lowest BCUT2D eigenvalue weighted by molar-refractivity contribution is 0.0898. The van der Waals surface area contributed by atoms with Crippen LogP contribution >= 0.6 is 0 Å². The molecular weight excluding hydrogens is 228 g/mol. The lowest BCUT2D eigenvalue weighted by atomic mass is 9.90. The minimum absolute atomic E-state index is 0.148. The van der Waals surface area contributed by atoms with Gasteiger partial charge in [0.15, 0.2) is 0 Å². The summed E-state index contributed by atoms with van der Waals surface area (Å²) in [4.78, 5) is 12.1. The number of hydrogen-bond acceptors (Lipinski definition) is 3. The first-order chi connectivity index (χ1) is 8.36. The molecule has 0 spiro atoms. The van der Waals surface area contributed by atoms with Gasteiger partial charge in [0, 0.05) is 17.6 Å². The van der Waals surface area contributed by atoms with E-state index in [1.807, 2.05) is 6.92 Å². The van der Waals surface area contributed by atoms with Crippen LogP contribution in [0.1, 0.15) is 37.6 Å². The van der Waals surface area contributed by atoms with Crippen LogP contribution < -0.4 is 11.1 Å². The summed E-state index contributed by atoms with van der Waals surface area (Å²) in [6.07, 6.45) is 0.827. The van der Waals surface area contributed by atoms with Crippen LogP contribution in [-0.4, -0.2) is 23.1 Å². The molecule has 18 heavy (non-hydrogen) atoms. The molecule has 0 heterocycles. The summed E-state index contributed by atoms with van der Waals surface area (Å²) in [6.45, 7) is 6.54. The average Bonchev–Trinajstić information content (AvgIpc) is 2.28. The Morgan fingerprint density at radius 3 is 2.39 bits per heavy atom. The highest BCUT2D eigenvalue weighted by molar-refractivity contribution is 5.94. The fraction of sp³-hybridized carbons (Fsp3) is 0.500. The van der Waals surface area contributed by atoms with Gasteiger partial charge in [-0.2, -0.15) is 0 Å². The Labute approximate surface area is 108 Å². The molecule has 0 aliphatic heterocycles. The van der Waals surface area contributed by atoms with Gasteiger partial charge in [0.2, 0.25) is 0 Å². The van der Waals surface area contributed by atoms with Crippen molar-refractivity contribution < 1.29 is 9.90 Å². The minimum atomic E-state index is -0.400. The molecule has 0 radical (unpaired) electrons. The molecule has 0 aliphatic carbocycles. The summed E-state index contributed by atoms with van der Waals surface area (Å²) in [5.74, 6) is 0.442. The summed E-state index contributed by atoms with van der Waals surface area (Å²) in [5, 5.41) is 12.1. The largest absolute Gasteiger partial charge is 0.508 e. The molecular formula is C14H22N2O2. The fourth-order valence-corrected chi connectivity index (χ4v) is 2.05. The van der Waals surface area contributed by atoms with Crippen LogP contribution in [0.4, 0.5) is 0 Å². The van der Waals surface area contributed by atoms with Crippen LogP contribution in [0.25, 0.3) is 0 Å². The van der Waals surface area contributed by atoms with Crippen LogP contribution in [0.15, 0.2) is 24.3 Å². The molecule has 4 N–H and O–H groups in total. The van der Waals surface area contributed by atoms with Gasteiger partial charge >= 0.3 is 0 Å². The van der Waals surface area contributed by atoms with Crippen molar-refractivity contribution >= 4 is 5.91 Å². The third-order valence-electron chi connectivity index (χ3n) is 2.85. The third-order valence-corrected chi connectivity index (χ3v) is 2.85. The Morgan fingerprint density at radius 1 is 1.39 bits per heavy atom. The maximum absolute atomic E-state index is 12.1. The molecule has 1 aromatic carbocycles. The van der Waals surface area contributed by atoms with E-state index in [0.717, 1.165) is 6.42 Å². The molecule has 1 atom stereocenters. The quantitative estimate of drug-likeness (QED) is 0.747. The zero-order valence-electron chi connectivity index (χ0n) is 11.2. The van der Waals surface area contributed by atoms with Crippen LogP contribution in [-0.2, 0) is 0 Å². The number of carbonyl (C=O) groups is 1. The number of rotatable bonds is 5. The predicted molar refractivity (Wildman–Crippen MR) is 72.5 cm³/mol. The van der Waals surface area contributed by atoms with Crippen LogP contribution in [0, 0.1) is 5.92 Å². The van der Waals surface area contributed by atoms with Crippen molar-refractivity contribution in [2.75, 3.05) is 6.54 Å². The van der Waals surface area contributed by atoms with Crippen molar-refractivity contribution in [1.29, 1.82) is 0 Å². The molecule has 4 nitrogen and oxygen atoms in total. The van der Waals surface area contributed by atoms with Gasteiger partial charge in [-0.3, -0.25) is 4.79 Å². The van der Waals surface area contributed by atoms with Crippen molar-refractivity contribution in [3.63, 3.8) is 0 Å². The molecule has 100 valence electrons. The number of carbonyl (C=O) groups excluding carboxylic acids is 1. The third kappa shape index (κ3) is 4.04. The van der Waals surface area contributed by atoms with Crippen molar-refractivity contribution in [2.45, 2.75) is 32.7 Å². The molecule has 1 aromatic rings. The molecule has 1 rings (SSSR count). The van der Waals surface area contributed by atoms with E-state index in [2.05, 4.69) is 19.2 Å². The van der Waals surface area contributed by atoms with Crippen LogP contribution in [0.5, 0.6) is 5.75 Å². The van der Waals surface area contributed by atoms with E-state index >= 15 is 0 Å². The van der Waals surface area contributed by atoms with E-state index in [4.69, 9.17) is 5.73 Å². The zero-order valence-corrected chi connectivity index (χ0v) is 11.2. The van der Waals surface area contributed by atoms with Gasteiger partial charge in [0.1, 0.15) is 5.75 Å². The smallest absolute Gasteiger partial charge is 0.251 e. The van der Waals surface area contributed by atoms with E-state index in [1.165, 1.54) is 12.1 Å². The van der Waals surface area contributed by atoms with Gasteiger partial charge in [-0.25, -0.2) is 0 Å². The Kier molecular flexibility index (Phi) is 4.73. The Morgan fingerprint density at radius 2 is 1.94 bits per heavy atom. The van der Waals surface area contributed by atoms with E-state index in [9.17, 15) is 9.90 Å². The number of phenols is 1. The Balaban J connectivity index is 2.76. The maximum atomic E-state index is 12.1. The number of benzene rings is 1. The summed E-state index contributed by atoms with van der Waals surface area (Å²) >= 11 is 0. The molecule has 0 aliphatic rings. The Hall–Kier alpha value is -1.55. The number of phenolic OH excluding ortho intramolecular Hbond substituents is 1. The Bertz CT molecular complexity index is 401. The second-order valence-corrected chi connectivity index (χ2v) is 5.36. The summed E-state index contributed by atoms with van der Waals surface area (Å²) in [6, 6.07) is 6.18. The summed E-state index contributed by atoms with van der Waals surface area (Å²) < 4.78 is 0. The van der Waals surface area contributed by atoms with Crippen molar-refractivity contribution in [2.24, 2.45) is 11.7 Å². The summed E-state index contributed by atoms with van der Waals surface area (Å²) in [7, 11) is 0. The topological polar surface area (TPSA) is 75.3 Å². The second-order valence-electron chi connectivity index (χ2n) is 5.36. The molecule has 4 heteroatoms. The van der Waals surface area contributed by atoms with Gasteiger partial charge in [-0.05, 0) is 43.5 Å². The highest BCUT2D eigenvalue weighted by Crippen LogP contribution is 2.17. The van der Waals surface area contributed by atoms with Crippen molar-refractivity contribution in [3.05, 3.63) is 29.8 Å². The van der Waals surface area contributed by atoms with Gasteiger partial charge in [-0.15, -0.1) is 0 Å². The standard InChI is InChI=1S/C14H22N2O2/c1-10(2)8-14(3,9-15)16-13(18)11-4-6-12(17)7-5-11/h4-7,10,17H,8-9,15H2,1-3H3,(H,16,18). The SMILES string of the molecule is CC(C)CC(C)(CN)NC(=O)c1ccc(O)cc1. The molecule has 0 saturated heterocycles. The van der Waals surface area contributed by atoms with Crippen LogP contribution in [0.2, 0.25) is 0 Å². The molecule has 0 bridgehead atoms. The lowest BCUT2D eigenvalue weighted by Crippen LogP contribution is -2.52. The first kappa shape index (κ1) is 14.5. The van der Waals surface area contributed by atoms with E-state index < -0.39 is 5.54 Å². The molecule has 1 unspecified atom stereocenters. The second kappa shape index (κ2) is 5.87. The van der Waals surface area contributed by atoms with E-state index in [1.54, 1.807) is 12.1 Å². The van der Waals surface area contributed by atoms with Gasteiger partial charge < -0.3 is 16.2 Å². The van der Waals surface area contributed by atoms with Crippen molar-refractivity contribution in [1.82, 2.24) is 5.32 Å². The first-order valence-electron chi connectivity index (χ1n) is 6.18.